The Morgan fingerprint density at radius 2 is 1.93 bits per heavy atom. The van der Waals surface area contributed by atoms with E-state index in [9.17, 15) is 0 Å². The van der Waals surface area contributed by atoms with Gasteiger partial charge in [-0.2, -0.15) is 0 Å². The van der Waals surface area contributed by atoms with Crippen molar-refractivity contribution in [2.75, 3.05) is 46.4 Å². The number of nitrogens with zero attached hydrogens (tertiary/aromatic N) is 3. The highest BCUT2D eigenvalue weighted by Crippen LogP contribution is 2.30. The number of ether oxygens (including phenoxy) is 1. The molecular weight excluding hydrogens is 360 g/mol. The Kier molecular flexibility index (Phi) is 5.62. The molecule has 1 aliphatic rings. The molecule has 1 aliphatic heterocycles. The van der Waals surface area contributed by atoms with Crippen molar-refractivity contribution in [3.63, 3.8) is 0 Å². The average Bonchev–Trinajstić information content (AvgIpc) is 3.12. The van der Waals surface area contributed by atoms with E-state index in [0.717, 1.165) is 67.3 Å². The van der Waals surface area contributed by atoms with E-state index in [4.69, 9.17) is 16.3 Å². The zero-order chi connectivity index (χ0) is 18.6. The summed E-state index contributed by atoms with van der Waals surface area (Å²) < 4.78 is 5.90. The number of aromatic amines is 1. The molecule has 2 heterocycles. The molecule has 27 heavy (non-hydrogen) atoms. The number of halogens is 1. The Morgan fingerprint density at radius 3 is 2.70 bits per heavy atom. The van der Waals surface area contributed by atoms with E-state index in [1.807, 2.05) is 42.5 Å². The van der Waals surface area contributed by atoms with Crippen LogP contribution < -0.4 is 4.74 Å². The number of piperazine rings is 1. The Bertz CT molecular complexity index is 869. The van der Waals surface area contributed by atoms with Crippen molar-refractivity contribution in [3.8, 4) is 17.1 Å². The lowest BCUT2D eigenvalue weighted by Gasteiger charge is -2.32. The van der Waals surface area contributed by atoms with E-state index in [1.165, 1.54) is 0 Å². The summed E-state index contributed by atoms with van der Waals surface area (Å²) in [5.41, 5.74) is 2.93. The number of benzene rings is 2. The minimum atomic E-state index is 0.618. The topological polar surface area (TPSA) is 44.4 Å². The van der Waals surface area contributed by atoms with Crippen LogP contribution in [0.4, 0.5) is 0 Å². The Hall–Kier alpha value is -2.08. The van der Waals surface area contributed by atoms with Gasteiger partial charge in [-0.25, -0.2) is 4.98 Å². The maximum atomic E-state index is 6.44. The third-order valence-electron chi connectivity index (χ3n) is 5.07. The molecule has 0 bridgehead atoms. The molecule has 0 amide bonds. The first-order valence-corrected chi connectivity index (χ1v) is 9.85. The van der Waals surface area contributed by atoms with Gasteiger partial charge in [0.2, 0.25) is 0 Å². The number of rotatable bonds is 6. The fourth-order valence-electron chi connectivity index (χ4n) is 3.40. The second-order valence-electron chi connectivity index (χ2n) is 7.09. The summed E-state index contributed by atoms with van der Waals surface area (Å²) in [5.74, 6) is 1.55. The van der Waals surface area contributed by atoms with E-state index in [-0.39, 0.29) is 0 Å². The zero-order valence-corrected chi connectivity index (χ0v) is 16.4. The summed E-state index contributed by atoms with van der Waals surface area (Å²) >= 11 is 6.44. The minimum Gasteiger partial charge on any atom is -0.492 e. The first kappa shape index (κ1) is 18.3. The molecule has 1 N–H and O–H groups in total. The molecule has 5 nitrogen and oxygen atoms in total. The largest absolute Gasteiger partial charge is 0.492 e. The lowest BCUT2D eigenvalue weighted by atomic mass is 10.2. The summed E-state index contributed by atoms with van der Waals surface area (Å²) in [6, 6.07) is 13.8. The molecule has 1 aromatic heterocycles. The summed E-state index contributed by atoms with van der Waals surface area (Å²) in [6.07, 6.45) is 1.01. The van der Waals surface area contributed by atoms with Gasteiger partial charge in [0.1, 0.15) is 11.6 Å². The molecule has 6 heteroatoms. The number of fused-ring (bicyclic) bond motifs is 1. The molecule has 0 saturated carbocycles. The van der Waals surface area contributed by atoms with Gasteiger partial charge in [0.15, 0.2) is 0 Å². The number of imidazole rings is 1. The number of H-pyrrole nitrogens is 1. The van der Waals surface area contributed by atoms with Crippen LogP contribution in [0, 0.1) is 0 Å². The second kappa shape index (κ2) is 8.30. The molecule has 1 fully saturated rings. The molecule has 0 unspecified atom stereocenters. The van der Waals surface area contributed by atoms with Crippen molar-refractivity contribution in [1.82, 2.24) is 19.8 Å². The van der Waals surface area contributed by atoms with Gasteiger partial charge in [-0.15, -0.1) is 0 Å². The highest BCUT2D eigenvalue weighted by atomic mass is 35.5. The van der Waals surface area contributed by atoms with Crippen LogP contribution in [-0.2, 0) is 0 Å². The van der Waals surface area contributed by atoms with Crippen molar-refractivity contribution < 1.29 is 4.74 Å². The van der Waals surface area contributed by atoms with Crippen molar-refractivity contribution in [2.45, 2.75) is 6.42 Å². The summed E-state index contributed by atoms with van der Waals surface area (Å²) in [5, 5.41) is 0.618. The fourth-order valence-corrected chi connectivity index (χ4v) is 3.63. The number of nitrogens with one attached hydrogen (secondary N) is 1. The van der Waals surface area contributed by atoms with Gasteiger partial charge in [0.25, 0.3) is 0 Å². The molecule has 0 radical (unpaired) electrons. The van der Waals surface area contributed by atoms with Crippen molar-refractivity contribution in [1.29, 1.82) is 0 Å². The van der Waals surface area contributed by atoms with E-state index in [2.05, 4.69) is 26.8 Å². The lowest BCUT2D eigenvalue weighted by molar-refractivity contribution is 0.145. The molecular formula is C21H25ClN4O. The van der Waals surface area contributed by atoms with E-state index in [1.54, 1.807) is 0 Å². The third kappa shape index (κ3) is 4.43. The van der Waals surface area contributed by atoms with E-state index >= 15 is 0 Å². The first-order chi connectivity index (χ1) is 13.2. The van der Waals surface area contributed by atoms with Crippen molar-refractivity contribution >= 4 is 22.6 Å². The number of hydrogen-bond donors (Lipinski definition) is 1. The minimum absolute atomic E-state index is 0.618. The molecule has 142 valence electrons. The summed E-state index contributed by atoms with van der Waals surface area (Å²) in [4.78, 5) is 12.8. The predicted octanol–water partition coefficient (Wildman–Crippen LogP) is 3.90. The highest BCUT2D eigenvalue weighted by Gasteiger charge is 2.13. The first-order valence-electron chi connectivity index (χ1n) is 9.47. The smallest absolute Gasteiger partial charge is 0.138 e. The van der Waals surface area contributed by atoms with Crippen LogP contribution in [0.1, 0.15) is 6.42 Å². The van der Waals surface area contributed by atoms with Gasteiger partial charge in [0, 0.05) is 38.3 Å². The second-order valence-corrected chi connectivity index (χ2v) is 7.50. The van der Waals surface area contributed by atoms with Gasteiger partial charge in [0.05, 0.1) is 22.7 Å². The van der Waals surface area contributed by atoms with Gasteiger partial charge < -0.3 is 19.5 Å². The Balaban J connectivity index is 1.33. The Labute approximate surface area is 164 Å². The van der Waals surface area contributed by atoms with E-state index < -0.39 is 0 Å². The molecule has 2 aromatic carbocycles. The molecule has 3 aromatic rings. The SMILES string of the molecule is CN1CCN(CCCOc2ccc(-c3nc4ccccc4[nH]3)cc2Cl)CC1. The molecule has 0 atom stereocenters. The molecule has 4 rings (SSSR count). The third-order valence-corrected chi connectivity index (χ3v) is 5.36. The van der Waals surface area contributed by atoms with Crippen molar-refractivity contribution in [2.24, 2.45) is 0 Å². The number of likely N-dealkylation sites (N-methyl/N-ethyl adjacent to an activating group) is 1. The maximum Gasteiger partial charge on any atom is 0.138 e. The van der Waals surface area contributed by atoms with Gasteiger partial charge in [-0.05, 0) is 43.8 Å². The summed E-state index contributed by atoms with van der Waals surface area (Å²) in [6.45, 7) is 6.33. The van der Waals surface area contributed by atoms with Gasteiger partial charge in [-0.3, -0.25) is 0 Å². The average molecular weight is 385 g/mol. The monoisotopic (exact) mass is 384 g/mol. The van der Waals surface area contributed by atoms with Crippen molar-refractivity contribution in [3.05, 3.63) is 47.5 Å². The highest BCUT2D eigenvalue weighted by molar-refractivity contribution is 6.32. The Morgan fingerprint density at radius 1 is 1.11 bits per heavy atom. The molecule has 0 aliphatic carbocycles. The fraction of sp³-hybridized carbons (Fsp3) is 0.381. The molecule has 0 spiro atoms. The zero-order valence-electron chi connectivity index (χ0n) is 15.6. The normalized spacial score (nSPS) is 16.1. The van der Waals surface area contributed by atoms with Gasteiger partial charge in [-0.1, -0.05) is 23.7 Å². The number of aromatic nitrogens is 2. The quantitative estimate of drug-likeness (QED) is 0.654. The van der Waals surface area contributed by atoms with Crippen LogP contribution >= 0.6 is 11.6 Å². The summed E-state index contributed by atoms with van der Waals surface area (Å²) in [7, 11) is 2.18. The van der Waals surface area contributed by atoms with Crippen LogP contribution in [-0.4, -0.2) is 66.1 Å². The van der Waals surface area contributed by atoms with Crippen LogP contribution in [0.25, 0.3) is 22.4 Å². The lowest BCUT2D eigenvalue weighted by Crippen LogP contribution is -2.44. The predicted molar refractivity (Wildman–Crippen MR) is 111 cm³/mol. The van der Waals surface area contributed by atoms with Crippen LogP contribution in [0.2, 0.25) is 5.02 Å². The van der Waals surface area contributed by atoms with Gasteiger partial charge >= 0.3 is 0 Å². The standard InChI is InChI=1S/C21H25ClN4O/c1-25-10-12-26(13-11-25)9-4-14-27-20-8-7-16(15-17(20)22)21-23-18-5-2-3-6-19(18)24-21/h2-3,5-8,15H,4,9-14H2,1H3,(H,23,24). The number of para-hydroxylation sites is 2. The number of hydrogen-bond acceptors (Lipinski definition) is 4. The van der Waals surface area contributed by atoms with E-state index in [0.29, 0.717) is 11.6 Å². The van der Waals surface area contributed by atoms with Crippen LogP contribution in [0.15, 0.2) is 42.5 Å². The molecule has 1 saturated heterocycles. The van der Waals surface area contributed by atoms with Crippen LogP contribution in [0.5, 0.6) is 5.75 Å². The van der Waals surface area contributed by atoms with Crippen LogP contribution in [0.3, 0.4) is 0 Å². The maximum absolute atomic E-state index is 6.44.